The van der Waals surface area contributed by atoms with Gasteiger partial charge < -0.3 is 19.8 Å². The van der Waals surface area contributed by atoms with Gasteiger partial charge >= 0.3 is 0 Å². The first-order chi connectivity index (χ1) is 9.17. The third kappa shape index (κ3) is 2.81. The molecular weight excluding hydrogens is 242 g/mol. The Kier molecular flexibility index (Phi) is 4.27. The van der Waals surface area contributed by atoms with Crippen LogP contribution in [0.3, 0.4) is 0 Å². The van der Waals surface area contributed by atoms with Gasteiger partial charge in [0.25, 0.3) is 0 Å². The van der Waals surface area contributed by atoms with Crippen molar-refractivity contribution >= 4 is 17.0 Å². The summed E-state index contributed by atoms with van der Waals surface area (Å²) < 4.78 is 12.8. The molecule has 0 fully saturated rings. The van der Waals surface area contributed by atoms with Crippen LogP contribution in [0, 0.1) is 5.92 Å². The van der Waals surface area contributed by atoms with Crippen LogP contribution in [0.4, 0.5) is 5.95 Å². The molecule has 1 heterocycles. The number of ether oxygens (including phenoxy) is 2. The van der Waals surface area contributed by atoms with E-state index in [2.05, 4.69) is 11.9 Å². The minimum atomic E-state index is 0.375. The first-order valence-corrected chi connectivity index (χ1v) is 6.53. The Balaban J connectivity index is 2.39. The summed E-state index contributed by atoms with van der Waals surface area (Å²) in [7, 11) is 1.71. The predicted molar refractivity (Wildman–Crippen MR) is 76.4 cm³/mol. The molecule has 1 aromatic carbocycles. The fourth-order valence-corrected chi connectivity index (χ4v) is 2.25. The van der Waals surface area contributed by atoms with Crippen molar-refractivity contribution in [1.29, 1.82) is 0 Å². The minimum Gasteiger partial charge on any atom is -0.492 e. The van der Waals surface area contributed by atoms with E-state index in [0.717, 1.165) is 23.3 Å². The van der Waals surface area contributed by atoms with Crippen molar-refractivity contribution in [3.63, 3.8) is 0 Å². The second kappa shape index (κ2) is 5.93. The Morgan fingerprint density at radius 1 is 1.42 bits per heavy atom. The molecule has 0 amide bonds. The lowest BCUT2D eigenvalue weighted by molar-refractivity contribution is 0.152. The van der Waals surface area contributed by atoms with Gasteiger partial charge in [0.1, 0.15) is 11.3 Å². The molecule has 5 nitrogen and oxygen atoms in total. The van der Waals surface area contributed by atoms with Gasteiger partial charge in [0.05, 0.1) is 18.7 Å². The van der Waals surface area contributed by atoms with Gasteiger partial charge in [0.15, 0.2) is 0 Å². The standard InChI is InChI=1S/C14H21N3O2/c1-4-19-12-7-5-6-11-13(12)16-14(15)17(11)8-10(2)9-18-3/h5-7,10H,4,8-9H2,1-3H3,(H2,15,16). The molecule has 1 unspecified atom stereocenters. The third-order valence-electron chi connectivity index (χ3n) is 3.02. The van der Waals surface area contributed by atoms with Crippen molar-refractivity contribution in [2.24, 2.45) is 5.92 Å². The predicted octanol–water partition coefficient (Wildman–Crippen LogP) is 2.30. The fourth-order valence-electron chi connectivity index (χ4n) is 2.25. The highest BCUT2D eigenvalue weighted by Gasteiger charge is 2.14. The number of anilines is 1. The first-order valence-electron chi connectivity index (χ1n) is 6.53. The van der Waals surface area contributed by atoms with E-state index in [0.29, 0.717) is 25.1 Å². The number of fused-ring (bicyclic) bond motifs is 1. The van der Waals surface area contributed by atoms with Crippen molar-refractivity contribution in [2.45, 2.75) is 20.4 Å². The summed E-state index contributed by atoms with van der Waals surface area (Å²) >= 11 is 0. The zero-order valence-electron chi connectivity index (χ0n) is 11.7. The number of imidazole rings is 1. The molecule has 0 saturated carbocycles. The fraction of sp³-hybridized carbons (Fsp3) is 0.500. The Hall–Kier alpha value is -1.75. The van der Waals surface area contributed by atoms with E-state index < -0.39 is 0 Å². The van der Waals surface area contributed by atoms with Crippen molar-refractivity contribution in [1.82, 2.24) is 9.55 Å². The smallest absolute Gasteiger partial charge is 0.201 e. The Morgan fingerprint density at radius 2 is 2.21 bits per heavy atom. The molecule has 0 radical (unpaired) electrons. The van der Waals surface area contributed by atoms with E-state index in [1.165, 1.54) is 0 Å². The van der Waals surface area contributed by atoms with E-state index in [4.69, 9.17) is 15.2 Å². The van der Waals surface area contributed by atoms with Crippen molar-refractivity contribution < 1.29 is 9.47 Å². The Labute approximate surface area is 113 Å². The van der Waals surface area contributed by atoms with Gasteiger partial charge in [-0.1, -0.05) is 13.0 Å². The third-order valence-corrected chi connectivity index (χ3v) is 3.02. The maximum Gasteiger partial charge on any atom is 0.201 e. The lowest BCUT2D eigenvalue weighted by atomic mass is 10.2. The molecule has 104 valence electrons. The van der Waals surface area contributed by atoms with E-state index in [1.807, 2.05) is 29.7 Å². The molecule has 19 heavy (non-hydrogen) atoms. The van der Waals surface area contributed by atoms with Crippen molar-refractivity contribution in [2.75, 3.05) is 26.1 Å². The van der Waals surface area contributed by atoms with Gasteiger partial charge in [-0.05, 0) is 25.0 Å². The molecule has 2 N–H and O–H groups in total. The summed E-state index contributed by atoms with van der Waals surface area (Å²) in [6.45, 7) is 6.18. The van der Waals surface area contributed by atoms with Crippen LogP contribution in [-0.2, 0) is 11.3 Å². The van der Waals surface area contributed by atoms with Gasteiger partial charge in [-0.2, -0.15) is 0 Å². The van der Waals surface area contributed by atoms with Crippen LogP contribution in [-0.4, -0.2) is 29.9 Å². The number of hydrogen-bond donors (Lipinski definition) is 1. The number of rotatable bonds is 6. The second-order valence-corrected chi connectivity index (χ2v) is 4.70. The normalized spacial score (nSPS) is 12.8. The monoisotopic (exact) mass is 263 g/mol. The highest BCUT2D eigenvalue weighted by atomic mass is 16.5. The van der Waals surface area contributed by atoms with Gasteiger partial charge in [-0.25, -0.2) is 4.98 Å². The van der Waals surface area contributed by atoms with Gasteiger partial charge in [0, 0.05) is 13.7 Å². The number of aromatic nitrogens is 2. The lowest BCUT2D eigenvalue weighted by Gasteiger charge is -2.13. The quantitative estimate of drug-likeness (QED) is 0.868. The number of methoxy groups -OCH3 is 1. The summed E-state index contributed by atoms with van der Waals surface area (Å²) in [6, 6.07) is 5.90. The van der Waals surface area contributed by atoms with Gasteiger partial charge in [-0.3, -0.25) is 0 Å². The maximum atomic E-state index is 6.02. The average Bonchev–Trinajstić information content (AvgIpc) is 2.68. The zero-order valence-corrected chi connectivity index (χ0v) is 11.7. The summed E-state index contributed by atoms with van der Waals surface area (Å²) in [6.07, 6.45) is 0. The molecule has 2 rings (SSSR count). The number of nitrogens with zero attached hydrogens (tertiary/aromatic N) is 2. The Bertz CT molecular complexity index is 551. The first kappa shape index (κ1) is 13.7. The largest absolute Gasteiger partial charge is 0.492 e. The summed E-state index contributed by atoms with van der Waals surface area (Å²) in [5, 5.41) is 0. The van der Waals surface area contributed by atoms with Crippen LogP contribution in [0.15, 0.2) is 18.2 Å². The SMILES string of the molecule is CCOc1cccc2c1nc(N)n2CC(C)COC. The maximum absolute atomic E-state index is 6.02. The molecule has 1 aromatic heterocycles. The molecule has 0 aliphatic carbocycles. The second-order valence-electron chi connectivity index (χ2n) is 4.70. The highest BCUT2D eigenvalue weighted by molar-refractivity contribution is 5.84. The van der Waals surface area contributed by atoms with Crippen LogP contribution in [0.5, 0.6) is 5.75 Å². The molecule has 5 heteroatoms. The van der Waals surface area contributed by atoms with Crippen molar-refractivity contribution in [3.8, 4) is 5.75 Å². The number of benzene rings is 1. The molecule has 1 atom stereocenters. The van der Waals surface area contributed by atoms with Crippen molar-refractivity contribution in [3.05, 3.63) is 18.2 Å². The summed E-state index contributed by atoms with van der Waals surface area (Å²) in [4.78, 5) is 4.42. The van der Waals surface area contributed by atoms with Gasteiger partial charge in [-0.15, -0.1) is 0 Å². The van der Waals surface area contributed by atoms with Gasteiger partial charge in [0.2, 0.25) is 5.95 Å². The van der Waals surface area contributed by atoms with E-state index in [1.54, 1.807) is 7.11 Å². The Morgan fingerprint density at radius 3 is 2.89 bits per heavy atom. The number of para-hydroxylation sites is 1. The van der Waals surface area contributed by atoms with E-state index >= 15 is 0 Å². The minimum absolute atomic E-state index is 0.375. The summed E-state index contributed by atoms with van der Waals surface area (Å²) in [5.41, 5.74) is 7.85. The van der Waals surface area contributed by atoms with Crippen LogP contribution >= 0.6 is 0 Å². The van der Waals surface area contributed by atoms with E-state index in [-0.39, 0.29) is 0 Å². The van der Waals surface area contributed by atoms with Crippen LogP contribution in [0.2, 0.25) is 0 Å². The van der Waals surface area contributed by atoms with Crippen LogP contribution < -0.4 is 10.5 Å². The van der Waals surface area contributed by atoms with E-state index in [9.17, 15) is 0 Å². The lowest BCUT2D eigenvalue weighted by Crippen LogP contribution is -2.14. The number of nitrogen functional groups attached to an aromatic ring is 1. The molecule has 0 spiro atoms. The molecular formula is C14H21N3O2. The van der Waals surface area contributed by atoms with Crippen LogP contribution in [0.1, 0.15) is 13.8 Å². The van der Waals surface area contributed by atoms with Crippen LogP contribution in [0.25, 0.3) is 11.0 Å². The molecule has 0 aliphatic rings. The molecule has 0 bridgehead atoms. The summed E-state index contributed by atoms with van der Waals surface area (Å²) in [5.74, 6) is 1.68. The molecule has 0 aliphatic heterocycles. The highest BCUT2D eigenvalue weighted by Crippen LogP contribution is 2.27. The molecule has 2 aromatic rings. The zero-order chi connectivity index (χ0) is 13.8. The molecule has 0 saturated heterocycles. The topological polar surface area (TPSA) is 62.3 Å². The average molecular weight is 263 g/mol. The number of hydrogen-bond acceptors (Lipinski definition) is 4. The number of nitrogens with two attached hydrogens (primary N) is 1.